The van der Waals surface area contributed by atoms with Crippen LogP contribution in [-0.4, -0.2) is 17.0 Å². The Balaban J connectivity index is 3.40. The van der Waals surface area contributed by atoms with Gasteiger partial charge in [-0.05, 0) is 12.8 Å². The van der Waals surface area contributed by atoms with E-state index in [-0.39, 0.29) is 5.78 Å². The lowest BCUT2D eigenvalue weighted by molar-refractivity contribution is -0.127. The number of carbonyl (C=O) groups excluding carboxylic acids is 1. The molecule has 0 rings (SSSR count). The normalized spacial score (nSPS) is 12.7. The van der Waals surface area contributed by atoms with Gasteiger partial charge in [0, 0.05) is 6.42 Å². The Morgan fingerprint density at radius 3 is 2.12 bits per heavy atom. The van der Waals surface area contributed by atoms with Crippen molar-refractivity contribution in [2.75, 3.05) is 0 Å². The molecular formula is C14H28O2. The number of Topliss-reactive ketones (excluding diaryl/α,β-unsaturated/α-hetero) is 1. The summed E-state index contributed by atoms with van der Waals surface area (Å²) in [7, 11) is 0. The molecule has 0 aliphatic carbocycles. The van der Waals surface area contributed by atoms with Crippen LogP contribution in [0, 0.1) is 0 Å². The van der Waals surface area contributed by atoms with Crippen LogP contribution in [0.4, 0.5) is 0 Å². The number of rotatable bonds is 11. The average molecular weight is 228 g/mol. The van der Waals surface area contributed by atoms with Crippen LogP contribution < -0.4 is 0 Å². The van der Waals surface area contributed by atoms with Gasteiger partial charge in [-0.25, -0.2) is 0 Å². The number of aliphatic hydroxyl groups is 1. The van der Waals surface area contributed by atoms with E-state index in [1.165, 1.54) is 19.3 Å². The second-order valence-corrected chi connectivity index (χ2v) is 4.64. The van der Waals surface area contributed by atoms with Crippen LogP contribution in [-0.2, 0) is 4.79 Å². The van der Waals surface area contributed by atoms with E-state index in [4.69, 9.17) is 0 Å². The molecule has 0 heterocycles. The van der Waals surface area contributed by atoms with Gasteiger partial charge in [-0.2, -0.15) is 0 Å². The maximum absolute atomic E-state index is 11.5. The lowest BCUT2D eigenvalue weighted by Crippen LogP contribution is -2.19. The van der Waals surface area contributed by atoms with Crippen LogP contribution in [0.1, 0.15) is 78.1 Å². The molecule has 1 atom stereocenters. The summed E-state index contributed by atoms with van der Waals surface area (Å²) in [6.45, 7) is 4.31. The molecule has 0 aliphatic rings. The average Bonchev–Trinajstić information content (AvgIpc) is 2.28. The van der Waals surface area contributed by atoms with Crippen LogP contribution in [0.2, 0.25) is 0 Å². The van der Waals surface area contributed by atoms with E-state index < -0.39 is 6.10 Å². The first-order valence-corrected chi connectivity index (χ1v) is 6.93. The standard InChI is InChI=1S/C14H28O2/c1-3-5-7-8-10-12-14(16)13(15)11-9-6-4-2/h13,15H,3-12H2,1-2H3. The maximum atomic E-state index is 11.5. The lowest BCUT2D eigenvalue weighted by atomic mass is 10.0. The van der Waals surface area contributed by atoms with Crippen molar-refractivity contribution >= 4 is 5.78 Å². The maximum Gasteiger partial charge on any atom is 0.161 e. The third-order valence-corrected chi connectivity index (χ3v) is 2.98. The van der Waals surface area contributed by atoms with Gasteiger partial charge in [0.05, 0.1) is 0 Å². The molecule has 96 valence electrons. The minimum Gasteiger partial charge on any atom is -0.385 e. The molecule has 0 fully saturated rings. The van der Waals surface area contributed by atoms with Gasteiger partial charge in [-0.1, -0.05) is 58.8 Å². The van der Waals surface area contributed by atoms with Gasteiger partial charge < -0.3 is 5.11 Å². The quantitative estimate of drug-likeness (QED) is 0.545. The van der Waals surface area contributed by atoms with E-state index in [2.05, 4.69) is 13.8 Å². The topological polar surface area (TPSA) is 37.3 Å². The molecule has 16 heavy (non-hydrogen) atoms. The molecule has 0 saturated carbocycles. The zero-order valence-electron chi connectivity index (χ0n) is 11.0. The van der Waals surface area contributed by atoms with Crippen molar-refractivity contribution in [2.45, 2.75) is 84.2 Å². The minimum atomic E-state index is -0.697. The predicted octanol–water partition coefficient (Wildman–Crippen LogP) is 3.86. The molecule has 0 amide bonds. The number of unbranched alkanes of at least 4 members (excludes halogenated alkanes) is 6. The van der Waals surface area contributed by atoms with E-state index in [9.17, 15) is 9.90 Å². The summed E-state index contributed by atoms with van der Waals surface area (Å²) in [5.74, 6) is 0.0487. The highest BCUT2D eigenvalue weighted by Crippen LogP contribution is 2.10. The van der Waals surface area contributed by atoms with Gasteiger partial charge in [-0.15, -0.1) is 0 Å². The van der Waals surface area contributed by atoms with Crippen LogP contribution in [0.3, 0.4) is 0 Å². The van der Waals surface area contributed by atoms with E-state index in [1.54, 1.807) is 0 Å². The second-order valence-electron chi connectivity index (χ2n) is 4.64. The zero-order chi connectivity index (χ0) is 12.2. The molecule has 2 heteroatoms. The monoisotopic (exact) mass is 228 g/mol. The molecule has 0 bridgehead atoms. The van der Waals surface area contributed by atoms with Crippen LogP contribution in [0.5, 0.6) is 0 Å². The molecule has 0 radical (unpaired) electrons. The SMILES string of the molecule is CCCCCCCC(=O)C(O)CCCCC. The van der Waals surface area contributed by atoms with Crippen LogP contribution in [0.15, 0.2) is 0 Å². The molecule has 0 aliphatic heterocycles. The highest BCUT2D eigenvalue weighted by molar-refractivity contribution is 5.82. The number of ketones is 1. The Morgan fingerprint density at radius 1 is 0.938 bits per heavy atom. The summed E-state index contributed by atoms with van der Waals surface area (Å²) in [6.07, 6.45) is 9.52. The lowest BCUT2D eigenvalue weighted by Gasteiger charge is -2.08. The van der Waals surface area contributed by atoms with Crippen molar-refractivity contribution < 1.29 is 9.90 Å². The van der Waals surface area contributed by atoms with E-state index in [1.807, 2.05) is 0 Å². The number of carbonyl (C=O) groups is 1. The summed E-state index contributed by atoms with van der Waals surface area (Å²) < 4.78 is 0. The van der Waals surface area contributed by atoms with Gasteiger partial charge >= 0.3 is 0 Å². The van der Waals surface area contributed by atoms with E-state index >= 15 is 0 Å². The van der Waals surface area contributed by atoms with Crippen LogP contribution >= 0.6 is 0 Å². The molecule has 0 aromatic rings. The van der Waals surface area contributed by atoms with Gasteiger partial charge in [-0.3, -0.25) is 4.79 Å². The number of hydrogen-bond donors (Lipinski definition) is 1. The first kappa shape index (κ1) is 15.6. The molecule has 0 spiro atoms. The summed E-state index contributed by atoms with van der Waals surface area (Å²) >= 11 is 0. The first-order valence-electron chi connectivity index (χ1n) is 6.93. The highest BCUT2D eigenvalue weighted by Gasteiger charge is 2.13. The second kappa shape index (κ2) is 11.1. The van der Waals surface area contributed by atoms with Gasteiger partial charge in [0.2, 0.25) is 0 Å². The Bertz CT molecular complexity index is 166. The first-order chi connectivity index (χ1) is 7.72. The van der Waals surface area contributed by atoms with Crippen molar-refractivity contribution in [1.82, 2.24) is 0 Å². The van der Waals surface area contributed by atoms with E-state index in [0.717, 1.165) is 32.1 Å². The van der Waals surface area contributed by atoms with Crippen LogP contribution in [0.25, 0.3) is 0 Å². The largest absolute Gasteiger partial charge is 0.385 e. The molecule has 1 unspecified atom stereocenters. The fraction of sp³-hybridized carbons (Fsp3) is 0.929. The number of hydrogen-bond acceptors (Lipinski definition) is 2. The van der Waals surface area contributed by atoms with Crippen molar-refractivity contribution in [3.8, 4) is 0 Å². The highest BCUT2D eigenvalue weighted by atomic mass is 16.3. The molecular weight excluding hydrogens is 200 g/mol. The van der Waals surface area contributed by atoms with Gasteiger partial charge in [0.25, 0.3) is 0 Å². The molecule has 0 aromatic carbocycles. The summed E-state index contributed by atoms with van der Waals surface area (Å²) in [5.41, 5.74) is 0. The summed E-state index contributed by atoms with van der Waals surface area (Å²) in [5, 5.41) is 9.60. The van der Waals surface area contributed by atoms with E-state index in [0.29, 0.717) is 12.8 Å². The zero-order valence-corrected chi connectivity index (χ0v) is 11.0. The Hall–Kier alpha value is -0.370. The summed E-state index contributed by atoms with van der Waals surface area (Å²) in [4.78, 5) is 11.5. The fourth-order valence-electron chi connectivity index (χ4n) is 1.82. The third kappa shape index (κ3) is 8.90. The molecule has 0 aromatic heterocycles. The van der Waals surface area contributed by atoms with Crippen molar-refractivity contribution in [3.63, 3.8) is 0 Å². The Labute approximate surface area is 100 Å². The molecule has 2 nitrogen and oxygen atoms in total. The van der Waals surface area contributed by atoms with Gasteiger partial charge in [0.15, 0.2) is 5.78 Å². The fourth-order valence-corrected chi connectivity index (χ4v) is 1.82. The Kier molecular flexibility index (Phi) is 10.9. The smallest absolute Gasteiger partial charge is 0.161 e. The van der Waals surface area contributed by atoms with Crippen molar-refractivity contribution in [3.05, 3.63) is 0 Å². The Morgan fingerprint density at radius 2 is 1.50 bits per heavy atom. The van der Waals surface area contributed by atoms with Crippen molar-refractivity contribution in [1.29, 1.82) is 0 Å². The van der Waals surface area contributed by atoms with Crippen molar-refractivity contribution in [2.24, 2.45) is 0 Å². The molecule has 1 N–H and O–H groups in total. The third-order valence-electron chi connectivity index (χ3n) is 2.98. The minimum absolute atomic E-state index is 0.0487. The predicted molar refractivity (Wildman–Crippen MR) is 68.5 cm³/mol. The number of aliphatic hydroxyl groups excluding tert-OH is 1. The van der Waals surface area contributed by atoms with Gasteiger partial charge in [0.1, 0.15) is 6.10 Å². The summed E-state index contributed by atoms with van der Waals surface area (Å²) in [6, 6.07) is 0. The molecule has 0 saturated heterocycles.